The first-order chi connectivity index (χ1) is 10.3. The summed E-state index contributed by atoms with van der Waals surface area (Å²) in [6.45, 7) is 2.22. The van der Waals surface area contributed by atoms with Crippen LogP contribution in [0.2, 0.25) is 0 Å². The molecule has 1 amide bonds. The Balaban J connectivity index is 1.54. The molecule has 0 radical (unpaired) electrons. The van der Waals surface area contributed by atoms with Gasteiger partial charge < -0.3 is 15.0 Å². The van der Waals surface area contributed by atoms with Crippen LogP contribution < -0.4 is 10.2 Å². The second kappa shape index (κ2) is 5.26. The highest BCUT2D eigenvalue weighted by atomic mass is 16.5. The maximum atomic E-state index is 12.5. The lowest BCUT2D eigenvalue weighted by molar-refractivity contribution is -0.128. The Morgan fingerprint density at radius 2 is 2.05 bits per heavy atom. The average Bonchev–Trinajstić information content (AvgIpc) is 3.20. The predicted molar refractivity (Wildman–Crippen MR) is 76.7 cm³/mol. The van der Waals surface area contributed by atoms with Crippen LogP contribution in [0.4, 0.5) is 5.95 Å². The summed E-state index contributed by atoms with van der Waals surface area (Å²) in [6.07, 6.45) is 6.82. The number of piperidine rings is 1. The minimum absolute atomic E-state index is 0.0179. The number of nitrogens with zero attached hydrogens (tertiary/aromatic N) is 3. The molecule has 1 N–H and O–H groups in total. The molecule has 112 valence electrons. The zero-order valence-electron chi connectivity index (χ0n) is 11.9. The fourth-order valence-corrected chi connectivity index (χ4v) is 3.41. The van der Waals surface area contributed by atoms with E-state index in [1.165, 1.54) is 0 Å². The summed E-state index contributed by atoms with van der Waals surface area (Å²) in [5.41, 5.74) is 0. The number of hydrogen-bond acceptors (Lipinski definition) is 5. The van der Waals surface area contributed by atoms with Gasteiger partial charge in [-0.1, -0.05) is 0 Å². The zero-order chi connectivity index (χ0) is 14.2. The second-order valence-electron chi connectivity index (χ2n) is 6.20. The first-order valence-electron chi connectivity index (χ1n) is 7.75. The van der Waals surface area contributed by atoms with Crippen LogP contribution in [0.3, 0.4) is 0 Å². The first-order valence-corrected chi connectivity index (χ1v) is 7.75. The molecule has 0 bridgehead atoms. The fraction of sp³-hybridized carbons (Fsp3) is 0.667. The second-order valence-corrected chi connectivity index (χ2v) is 6.20. The number of aromatic nitrogens is 2. The third kappa shape index (κ3) is 2.60. The van der Waals surface area contributed by atoms with Crippen LogP contribution in [0, 0.1) is 11.8 Å². The van der Waals surface area contributed by atoms with Crippen molar-refractivity contribution in [1.82, 2.24) is 15.3 Å². The van der Waals surface area contributed by atoms with Crippen molar-refractivity contribution in [3.8, 4) is 0 Å². The summed E-state index contributed by atoms with van der Waals surface area (Å²) < 4.78 is 5.83. The monoisotopic (exact) mass is 288 g/mol. The first kappa shape index (κ1) is 13.0. The van der Waals surface area contributed by atoms with Gasteiger partial charge in [-0.05, 0) is 25.3 Å². The molecule has 2 aliphatic heterocycles. The topological polar surface area (TPSA) is 67.4 Å². The molecule has 0 spiro atoms. The Morgan fingerprint density at radius 1 is 1.24 bits per heavy atom. The Labute approximate surface area is 123 Å². The molecule has 3 fully saturated rings. The van der Waals surface area contributed by atoms with Gasteiger partial charge in [-0.2, -0.15) is 0 Å². The summed E-state index contributed by atoms with van der Waals surface area (Å²) >= 11 is 0. The van der Waals surface area contributed by atoms with Gasteiger partial charge in [0, 0.05) is 44.0 Å². The molecule has 1 saturated carbocycles. The number of nitrogens with one attached hydrogen (secondary N) is 1. The standard InChI is InChI=1S/C15H20N4O2/c20-14(18-10-2-3-10)12-8-19(15-16-5-1-6-17-15)9-13-11(12)4-7-21-13/h1,5-6,10-13H,2-4,7-9H2,(H,18,20)/t11-,12-,13+/m1/s1. The van der Waals surface area contributed by atoms with E-state index in [-0.39, 0.29) is 17.9 Å². The van der Waals surface area contributed by atoms with Gasteiger partial charge in [0.1, 0.15) is 0 Å². The Kier molecular flexibility index (Phi) is 3.25. The number of hydrogen-bond donors (Lipinski definition) is 1. The zero-order valence-corrected chi connectivity index (χ0v) is 11.9. The number of carbonyl (C=O) groups excluding carboxylic acids is 1. The lowest BCUT2D eigenvalue weighted by Gasteiger charge is -2.39. The molecule has 2 saturated heterocycles. The van der Waals surface area contributed by atoms with Crippen LogP contribution in [-0.4, -0.2) is 47.7 Å². The van der Waals surface area contributed by atoms with Gasteiger partial charge in [-0.3, -0.25) is 4.79 Å². The van der Waals surface area contributed by atoms with Crippen molar-refractivity contribution >= 4 is 11.9 Å². The molecule has 6 nitrogen and oxygen atoms in total. The van der Waals surface area contributed by atoms with E-state index in [4.69, 9.17) is 4.74 Å². The lowest BCUT2D eigenvalue weighted by Crippen LogP contribution is -2.53. The number of ether oxygens (including phenoxy) is 1. The number of carbonyl (C=O) groups is 1. The summed E-state index contributed by atoms with van der Waals surface area (Å²) in [5.74, 6) is 1.19. The number of amides is 1. The molecule has 1 aliphatic carbocycles. The van der Waals surface area contributed by atoms with Crippen LogP contribution in [0.5, 0.6) is 0 Å². The molecule has 0 unspecified atom stereocenters. The molecule has 3 heterocycles. The highest BCUT2D eigenvalue weighted by molar-refractivity contribution is 5.80. The van der Waals surface area contributed by atoms with E-state index < -0.39 is 0 Å². The number of fused-ring (bicyclic) bond motifs is 1. The number of rotatable bonds is 3. The van der Waals surface area contributed by atoms with Crippen LogP contribution in [0.1, 0.15) is 19.3 Å². The SMILES string of the molecule is O=C(NC1CC1)[C@@H]1CN(c2ncccn2)C[C@@H]2OCC[C@@H]21. The largest absolute Gasteiger partial charge is 0.376 e. The third-order valence-electron chi connectivity index (χ3n) is 4.69. The third-order valence-corrected chi connectivity index (χ3v) is 4.69. The summed E-state index contributed by atoms with van der Waals surface area (Å²) in [6, 6.07) is 2.21. The molecule has 3 atom stereocenters. The molecular weight excluding hydrogens is 268 g/mol. The van der Waals surface area contributed by atoms with E-state index in [1.54, 1.807) is 18.5 Å². The molecule has 3 aliphatic rings. The van der Waals surface area contributed by atoms with Gasteiger partial charge in [0.05, 0.1) is 12.0 Å². The quantitative estimate of drug-likeness (QED) is 0.882. The summed E-state index contributed by atoms with van der Waals surface area (Å²) in [7, 11) is 0. The average molecular weight is 288 g/mol. The predicted octanol–water partition coefficient (Wildman–Crippen LogP) is 0.596. The van der Waals surface area contributed by atoms with Crippen molar-refractivity contribution in [2.75, 3.05) is 24.6 Å². The molecule has 4 rings (SSSR count). The normalized spacial score (nSPS) is 31.8. The molecule has 6 heteroatoms. The Hall–Kier alpha value is -1.69. The highest BCUT2D eigenvalue weighted by Crippen LogP contribution is 2.35. The fourth-order valence-electron chi connectivity index (χ4n) is 3.41. The Bertz CT molecular complexity index is 520. The summed E-state index contributed by atoms with van der Waals surface area (Å²) in [4.78, 5) is 23.2. The maximum Gasteiger partial charge on any atom is 0.225 e. The van der Waals surface area contributed by atoms with E-state index in [0.29, 0.717) is 24.5 Å². The molecular formula is C15H20N4O2. The van der Waals surface area contributed by atoms with E-state index in [9.17, 15) is 4.79 Å². The van der Waals surface area contributed by atoms with Crippen molar-refractivity contribution in [3.63, 3.8) is 0 Å². The molecule has 21 heavy (non-hydrogen) atoms. The van der Waals surface area contributed by atoms with Crippen LogP contribution in [0.15, 0.2) is 18.5 Å². The maximum absolute atomic E-state index is 12.5. The van der Waals surface area contributed by atoms with Gasteiger partial charge in [-0.15, -0.1) is 0 Å². The van der Waals surface area contributed by atoms with Gasteiger partial charge in [-0.25, -0.2) is 9.97 Å². The Morgan fingerprint density at radius 3 is 2.81 bits per heavy atom. The van der Waals surface area contributed by atoms with E-state index in [0.717, 1.165) is 32.4 Å². The van der Waals surface area contributed by atoms with Crippen LogP contribution >= 0.6 is 0 Å². The van der Waals surface area contributed by atoms with Gasteiger partial charge >= 0.3 is 0 Å². The van der Waals surface area contributed by atoms with Crippen molar-refractivity contribution in [2.24, 2.45) is 11.8 Å². The molecule has 1 aromatic heterocycles. The van der Waals surface area contributed by atoms with Crippen LogP contribution in [0.25, 0.3) is 0 Å². The van der Waals surface area contributed by atoms with E-state index in [2.05, 4.69) is 20.2 Å². The lowest BCUT2D eigenvalue weighted by atomic mass is 9.82. The minimum atomic E-state index is -0.0179. The van der Waals surface area contributed by atoms with Gasteiger partial charge in [0.15, 0.2) is 0 Å². The van der Waals surface area contributed by atoms with Crippen molar-refractivity contribution in [2.45, 2.75) is 31.4 Å². The van der Waals surface area contributed by atoms with Crippen molar-refractivity contribution in [3.05, 3.63) is 18.5 Å². The van der Waals surface area contributed by atoms with Crippen molar-refractivity contribution in [1.29, 1.82) is 0 Å². The smallest absolute Gasteiger partial charge is 0.225 e. The van der Waals surface area contributed by atoms with E-state index in [1.807, 2.05) is 0 Å². The highest BCUT2D eigenvalue weighted by Gasteiger charge is 2.45. The minimum Gasteiger partial charge on any atom is -0.376 e. The van der Waals surface area contributed by atoms with Crippen LogP contribution in [-0.2, 0) is 9.53 Å². The summed E-state index contributed by atoms with van der Waals surface area (Å²) in [5, 5.41) is 3.15. The van der Waals surface area contributed by atoms with Crippen molar-refractivity contribution < 1.29 is 9.53 Å². The number of anilines is 1. The molecule has 0 aromatic carbocycles. The van der Waals surface area contributed by atoms with Gasteiger partial charge in [0.2, 0.25) is 11.9 Å². The van der Waals surface area contributed by atoms with E-state index >= 15 is 0 Å². The van der Waals surface area contributed by atoms with Gasteiger partial charge in [0.25, 0.3) is 0 Å². The molecule has 1 aromatic rings.